The van der Waals surface area contributed by atoms with E-state index in [1.165, 1.54) is 0 Å². The molecule has 0 aromatic rings. The third kappa shape index (κ3) is 8.73. The molecular weight excluding hydrogens is 300 g/mol. The van der Waals surface area contributed by atoms with Crippen LogP contribution < -0.4 is 17.2 Å². The van der Waals surface area contributed by atoms with E-state index in [0.29, 0.717) is 38.8 Å². The molecule has 23 heavy (non-hydrogen) atoms. The lowest BCUT2D eigenvalue weighted by molar-refractivity contribution is -0.144. The molecule has 0 aromatic heterocycles. The van der Waals surface area contributed by atoms with Crippen molar-refractivity contribution in [3.8, 4) is 0 Å². The Balaban J connectivity index is 5.24. The molecule has 0 aliphatic rings. The summed E-state index contributed by atoms with van der Waals surface area (Å²) in [7, 11) is 0. The van der Waals surface area contributed by atoms with E-state index >= 15 is 0 Å². The molecule has 0 rings (SSSR count). The number of nitrogens with two attached hydrogens (primary N) is 3. The zero-order valence-corrected chi connectivity index (χ0v) is 14.5. The predicted molar refractivity (Wildman–Crippen MR) is 88.7 cm³/mol. The highest BCUT2D eigenvalue weighted by molar-refractivity contribution is 5.80. The molecule has 0 fully saturated rings. The quantitative estimate of drug-likeness (QED) is 0.342. The summed E-state index contributed by atoms with van der Waals surface area (Å²) in [5, 5.41) is 9.50. The van der Waals surface area contributed by atoms with Gasteiger partial charge in [0.25, 0.3) is 0 Å². The summed E-state index contributed by atoms with van der Waals surface area (Å²) in [6, 6.07) is -1.04. The molecule has 0 aromatic carbocycles. The Morgan fingerprint density at radius 2 is 1.65 bits per heavy atom. The van der Waals surface area contributed by atoms with Crippen molar-refractivity contribution in [2.45, 2.75) is 70.7 Å². The van der Waals surface area contributed by atoms with Crippen LogP contribution in [-0.4, -0.2) is 53.0 Å². The number of carboxylic acid groups (broad SMARTS) is 1. The average molecular weight is 332 g/mol. The van der Waals surface area contributed by atoms with Gasteiger partial charge in [0, 0.05) is 0 Å². The minimum Gasteiger partial charge on any atom is -0.480 e. The minimum atomic E-state index is -1.10. The molecule has 8 heteroatoms. The predicted octanol–water partition coefficient (Wildman–Crippen LogP) is 0.829. The first-order valence-electron chi connectivity index (χ1n) is 8.04. The summed E-state index contributed by atoms with van der Waals surface area (Å²) < 4.78 is 5.33. The molecule has 0 aliphatic carbocycles. The maximum atomic E-state index is 12.4. The molecule has 7 N–H and O–H groups in total. The number of carboxylic acids is 1. The number of carbonyl (C=O) groups excluding carboxylic acids is 1. The van der Waals surface area contributed by atoms with Crippen LogP contribution in [0.25, 0.3) is 0 Å². The lowest BCUT2D eigenvalue weighted by atomic mass is 10.1. The van der Waals surface area contributed by atoms with Gasteiger partial charge in [0.2, 0.25) is 0 Å². The highest BCUT2D eigenvalue weighted by atomic mass is 16.6. The molecule has 2 atom stereocenters. The zero-order valence-electron chi connectivity index (χ0n) is 14.5. The Morgan fingerprint density at radius 3 is 2.09 bits per heavy atom. The van der Waals surface area contributed by atoms with Crippen LogP contribution in [0.1, 0.15) is 52.9 Å². The van der Waals surface area contributed by atoms with Gasteiger partial charge in [-0.15, -0.1) is 0 Å². The molecule has 0 saturated carbocycles. The van der Waals surface area contributed by atoms with Crippen LogP contribution in [0.15, 0.2) is 0 Å². The number of aliphatic carboxylic acids is 1. The van der Waals surface area contributed by atoms with E-state index in [2.05, 4.69) is 0 Å². The van der Waals surface area contributed by atoms with Gasteiger partial charge in [-0.25, -0.2) is 9.59 Å². The van der Waals surface area contributed by atoms with Gasteiger partial charge in [0.15, 0.2) is 0 Å². The fourth-order valence-electron chi connectivity index (χ4n) is 2.14. The van der Waals surface area contributed by atoms with E-state index in [1.807, 2.05) is 0 Å². The minimum absolute atomic E-state index is 0.280. The first-order chi connectivity index (χ1) is 10.6. The smallest absolute Gasteiger partial charge is 0.412 e. The standard InChI is InChI=1S/C15H32N4O4/c1-15(2,3)23-14(22)19(12(18)8-6-10-17)11(13(20)21)7-4-5-9-16/h11-12H,4-10,16-18H2,1-3H3,(H,20,21)/t11-,12?/m1/s1. The molecule has 136 valence electrons. The number of hydrogen-bond donors (Lipinski definition) is 4. The number of amides is 1. The van der Waals surface area contributed by atoms with Crippen LogP contribution in [0.5, 0.6) is 0 Å². The molecule has 0 aliphatic heterocycles. The number of nitrogens with zero attached hydrogens (tertiary/aromatic N) is 1. The van der Waals surface area contributed by atoms with Crippen molar-refractivity contribution >= 4 is 12.1 Å². The molecule has 0 spiro atoms. The van der Waals surface area contributed by atoms with E-state index < -0.39 is 29.9 Å². The molecule has 8 nitrogen and oxygen atoms in total. The van der Waals surface area contributed by atoms with E-state index in [0.717, 1.165) is 4.90 Å². The Kier molecular flexibility index (Phi) is 9.78. The van der Waals surface area contributed by atoms with Crippen molar-refractivity contribution < 1.29 is 19.4 Å². The van der Waals surface area contributed by atoms with Gasteiger partial charge in [-0.05, 0) is 66.0 Å². The largest absolute Gasteiger partial charge is 0.480 e. The average Bonchev–Trinajstić information content (AvgIpc) is 2.41. The maximum absolute atomic E-state index is 12.4. The number of hydrogen-bond acceptors (Lipinski definition) is 6. The van der Waals surface area contributed by atoms with E-state index in [9.17, 15) is 14.7 Å². The first-order valence-corrected chi connectivity index (χ1v) is 8.04. The summed E-state index contributed by atoms with van der Waals surface area (Å²) in [4.78, 5) is 25.2. The van der Waals surface area contributed by atoms with Gasteiger partial charge in [0.05, 0.1) is 6.17 Å². The van der Waals surface area contributed by atoms with Crippen LogP contribution in [-0.2, 0) is 9.53 Å². The SMILES string of the molecule is CC(C)(C)OC(=O)N(C(N)CCCN)[C@H](CCCCN)C(=O)O. The second kappa shape index (κ2) is 10.4. The van der Waals surface area contributed by atoms with Crippen LogP contribution >= 0.6 is 0 Å². The van der Waals surface area contributed by atoms with Crippen molar-refractivity contribution in [2.75, 3.05) is 13.1 Å². The lowest BCUT2D eigenvalue weighted by Crippen LogP contribution is -2.55. The summed E-state index contributed by atoms with van der Waals surface area (Å²) in [5.74, 6) is -1.10. The van der Waals surface area contributed by atoms with Gasteiger partial charge in [0.1, 0.15) is 11.6 Å². The Bertz CT molecular complexity index is 371. The molecule has 1 amide bonds. The highest BCUT2D eigenvalue weighted by Gasteiger charge is 2.35. The number of unbranched alkanes of at least 4 members (excludes halogenated alkanes) is 1. The van der Waals surface area contributed by atoms with Crippen molar-refractivity contribution in [2.24, 2.45) is 17.2 Å². The van der Waals surface area contributed by atoms with Crippen LogP contribution in [0, 0.1) is 0 Å². The van der Waals surface area contributed by atoms with Crippen molar-refractivity contribution in [1.82, 2.24) is 4.90 Å². The van der Waals surface area contributed by atoms with Gasteiger partial charge in [-0.1, -0.05) is 0 Å². The molecule has 1 unspecified atom stereocenters. The first kappa shape index (κ1) is 21.6. The normalized spacial score (nSPS) is 14.2. The van der Waals surface area contributed by atoms with Gasteiger partial charge in [-0.2, -0.15) is 0 Å². The van der Waals surface area contributed by atoms with Crippen LogP contribution in [0.4, 0.5) is 4.79 Å². The Labute approximate surface area is 138 Å². The second-order valence-electron chi connectivity index (χ2n) is 6.52. The van der Waals surface area contributed by atoms with Gasteiger partial charge < -0.3 is 27.0 Å². The number of rotatable bonds is 10. The maximum Gasteiger partial charge on any atom is 0.412 e. The Morgan fingerprint density at radius 1 is 1.09 bits per heavy atom. The van der Waals surface area contributed by atoms with Crippen molar-refractivity contribution in [3.63, 3.8) is 0 Å². The fourth-order valence-corrected chi connectivity index (χ4v) is 2.14. The van der Waals surface area contributed by atoms with Crippen molar-refractivity contribution in [1.29, 1.82) is 0 Å². The van der Waals surface area contributed by atoms with Crippen molar-refractivity contribution in [3.05, 3.63) is 0 Å². The summed E-state index contributed by atoms with van der Waals surface area (Å²) in [6.07, 6.45) is 1.09. The molecule has 0 bridgehead atoms. The van der Waals surface area contributed by atoms with E-state index in [4.69, 9.17) is 21.9 Å². The monoisotopic (exact) mass is 332 g/mol. The summed E-state index contributed by atoms with van der Waals surface area (Å²) in [5.41, 5.74) is 16.2. The third-order valence-electron chi connectivity index (χ3n) is 3.22. The lowest BCUT2D eigenvalue weighted by Gasteiger charge is -2.35. The summed E-state index contributed by atoms with van der Waals surface area (Å²) in [6.45, 7) is 6.05. The molecule has 0 radical (unpaired) electrons. The van der Waals surface area contributed by atoms with Gasteiger partial charge in [-0.3, -0.25) is 4.90 Å². The fraction of sp³-hybridized carbons (Fsp3) is 0.867. The number of ether oxygens (including phenoxy) is 1. The molecular formula is C15H32N4O4. The van der Waals surface area contributed by atoms with E-state index in [1.54, 1.807) is 20.8 Å². The third-order valence-corrected chi connectivity index (χ3v) is 3.22. The summed E-state index contributed by atoms with van der Waals surface area (Å²) >= 11 is 0. The number of carbonyl (C=O) groups is 2. The van der Waals surface area contributed by atoms with E-state index in [-0.39, 0.29) is 6.42 Å². The topological polar surface area (TPSA) is 145 Å². The Hall–Kier alpha value is -1.38. The van der Waals surface area contributed by atoms with Crippen LogP contribution in [0.2, 0.25) is 0 Å². The zero-order chi connectivity index (χ0) is 18.0. The van der Waals surface area contributed by atoms with Gasteiger partial charge >= 0.3 is 12.1 Å². The van der Waals surface area contributed by atoms with Crippen LogP contribution in [0.3, 0.4) is 0 Å². The highest BCUT2D eigenvalue weighted by Crippen LogP contribution is 2.18. The molecule has 0 heterocycles. The second-order valence-corrected chi connectivity index (χ2v) is 6.52. The molecule has 0 saturated heterocycles.